The van der Waals surface area contributed by atoms with Crippen LogP contribution in [0.15, 0.2) is 12.7 Å². The number of unbranched alkanes of at least 4 members (excludes halogenated alkanes) is 1. The minimum atomic E-state index is 0.107. The van der Waals surface area contributed by atoms with Crippen LogP contribution in [0.1, 0.15) is 58.3 Å². The molecule has 0 bridgehead atoms. The Bertz CT molecular complexity index is 209. The van der Waals surface area contributed by atoms with Gasteiger partial charge in [-0.05, 0) is 45.1 Å². The first-order valence-corrected chi connectivity index (χ1v) is 7.18. The van der Waals surface area contributed by atoms with Crippen LogP contribution in [-0.4, -0.2) is 25.3 Å². The second-order valence-corrected chi connectivity index (χ2v) is 5.20. The predicted octanol–water partition coefficient (Wildman–Crippen LogP) is 3.67. The van der Waals surface area contributed by atoms with Gasteiger partial charge in [-0.15, -0.1) is 6.58 Å². The van der Waals surface area contributed by atoms with Gasteiger partial charge in [0.1, 0.15) is 0 Å². The molecule has 100 valence electrons. The molecule has 1 aliphatic carbocycles. The molecule has 1 aliphatic rings. The van der Waals surface area contributed by atoms with Gasteiger partial charge < -0.3 is 10.1 Å². The first-order valence-electron chi connectivity index (χ1n) is 7.18. The number of rotatable bonds is 9. The van der Waals surface area contributed by atoms with Crippen LogP contribution in [0.5, 0.6) is 0 Å². The zero-order valence-electron chi connectivity index (χ0n) is 11.6. The summed E-state index contributed by atoms with van der Waals surface area (Å²) in [6.07, 6.45) is 11.8. The number of allylic oxidation sites excluding steroid dienone is 1. The molecule has 1 atom stereocenters. The summed E-state index contributed by atoms with van der Waals surface area (Å²) in [5.74, 6) is 0. The fourth-order valence-corrected chi connectivity index (χ4v) is 3.00. The first-order chi connectivity index (χ1) is 8.29. The highest BCUT2D eigenvalue weighted by Crippen LogP contribution is 2.37. The van der Waals surface area contributed by atoms with Crippen molar-refractivity contribution in [3.63, 3.8) is 0 Å². The summed E-state index contributed by atoms with van der Waals surface area (Å²) in [6, 6.07) is 0.523. The highest BCUT2D eigenvalue weighted by atomic mass is 16.5. The lowest BCUT2D eigenvalue weighted by molar-refractivity contribution is -0.0381. The van der Waals surface area contributed by atoms with E-state index in [1.165, 1.54) is 44.9 Å². The maximum Gasteiger partial charge on any atom is 0.0830 e. The van der Waals surface area contributed by atoms with Crippen molar-refractivity contribution >= 4 is 0 Å². The topological polar surface area (TPSA) is 21.3 Å². The standard InChI is InChI=1S/C15H29NO/c1-4-6-7-10-14(16-13-5-2)15(17-3)11-8-9-12-15/h4,14,16H,1,5-13H2,2-3H3. The molecule has 0 radical (unpaired) electrons. The van der Waals surface area contributed by atoms with E-state index in [2.05, 4.69) is 18.8 Å². The lowest BCUT2D eigenvalue weighted by Crippen LogP contribution is -2.50. The van der Waals surface area contributed by atoms with Crippen molar-refractivity contribution < 1.29 is 4.74 Å². The lowest BCUT2D eigenvalue weighted by atomic mass is 9.88. The molecular formula is C15H29NO. The molecule has 0 saturated heterocycles. The molecule has 1 rings (SSSR count). The first kappa shape index (κ1) is 14.7. The van der Waals surface area contributed by atoms with Gasteiger partial charge in [-0.1, -0.05) is 25.8 Å². The largest absolute Gasteiger partial charge is 0.377 e. The number of ether oxygens (including phenoxy) is 1. The summed E-state index contributed by atoms with van der Waals surface area (Å²) >= 11 is 0. The molecule has 0 spiro atoms. The summed E-state index contributed by atoms with van der Waals surface area (Å²) in [6.45, 7) is 7.13. The maximum absolute atomic E-state index is 5.90. The molecule has 1 saturated carbocycles. The molecular weight excluding hydrogens is 210 g/mol. The van der Waals surface area contributed by atoms with Gasteiger partial charge in [0, 0.05) is 13.2 Å². The van der Waals surface area contributed by atoms with Crippen LogP contribution in [0.2, 0.25) is 0 Å². The Hall–Kier alpha value is -0.340. The van der Waals surface area contributed by atoms with Crippen molar-refractivity contribution in [2.45, 2.75) is 69.9 Å². The second-order valence-electron chi connectivity index (χ2n) is 5.20. The van der Waals surface area contributed by atoms with Gasteiger partial charge in [-0.3, -0.25) is 0 Å². The van der Waals surface area contributed by atoms with Crippen molar-refractivity contribution in [1.82, 2.24) is 5.32 Å². The Kier molecular flexibility index (Phi) is 6.83. The average molecular weight is 239 g/mol. The Labute approximate surface area is 107 Å². The zero-order valence-corrected chi connectivity index (χ0v) is 11.6. The molecule has 0 aromatic rings. The molecule has 0 heterocycles. The van der Waals surface area contributed by atoms with Gasteiger partial charge >= 0.3 is 0 Å². The van der Waals surface area contributed by atoms with Crippen LogP contribution in [-0.2, 0) is 4.74 Å². The van der Waals surface area contributed by atoms with Crippen LogP contribution in [0, 0.1) is 0 Å². The SMILES string of the molecule is C=CCCCC(NCCC)C1(OC)CCCC1. The molecule has 1 fully saturated rings. The van der Waals surface area contributed by atoms with E-state index in [0.29, 0.717) is 6.04 Å². The highest BCUT2D eigenvalue weighted by Gasteiger charge is 2.40. The molecule has 0 aromatic carbocycles. The molecule has 0 aromatic heterocycles. The summed E-state index contributed by atoms with van der Waals surface area (Å²) < 4.78 is 5.90. The second kappa shape index (κ2) is 7.88. The Morgan fingerprint density at radius 2 is 2.12 bits per heavy atom. The zero-order chi connectivity index (χ0) is 12.6. The molecule has 0 amide bonds. The maximum atomic E-state index is 5.90. The highest BCUT2D eigenvalue weighted by molar-refractivity contribution is 4.97. The third-order valence-electron chi connectivity index (χ3n) is 4.03. The number of methoxy groups -OCH3 is 1. The molecule has 1 unspecified atom stereocenters. The quantitative estimate of drug-likeness (QED) is 0.489. The van der Waals surface area contributed by atoms with Crippen LogP contribution < -0.4 is 5.32 Å². The van der Waals surface area contributed by atoms with Crippen LogP contribution >= 0.6 is 0 Å². The van der Waals surface area contributed by atoms with Crippen molar-refractivity contribution in [3.8, 4) is 0 Å². The molecule has 2 nitrogen and oxygen atoms in total. The van der Waals surface area contributed by atoms with Gasteiger partial charge in [0.25, 0.3) is 0 Å². The third-order valence-corrected chi connectivity index (χ3v) is 4.03. The van der Waals surface area contributed by atoms with Crippen LogP contribution in [0.3, 0.4) is 0 Å². The van der Waals surface area contributed by atoms with Crippen LogP contribution in [0.25, 0.3) is 0 Å². The fraction of sp³-hybridized carbons (Fsp3) is 0.867. The average Bonchev–Trinajstić information content (AvgIpc) is 2.83. The number of nitrogens with one attached hydrogen (secondary N) is 1. The molecule has 2 heteroatoms. The lowest BCUT2D eigenvalue weighted by Gasteiger charge is -2.37. The summed E-state index contributed by atoms with van der Waals surface area (Å²) in [7, 11) is 1.89. The minimum Gasteiger partial charge on any atom is -0.377 e. The van der Waals surface area contributed by atoms with E-state index in [-0.39, 0.29) is 5.60 Å². The Morgan fingerprint density at radius 1 is 1.41 bits per heavy atom. The summed E-state index contributed by atoms with van der Waals surface area (Å²) in [5, 5.41) is 3.70. The summed E-state index contributed by atoms with van der Waals surface area (Å²) in [5.41, 5.74) is 0.107. The number of hydrogen-bond acceptors (Lipinski definition) is 2. The molecule has 0 aliphatic heterocycles. The molecule has 1 N–H and O–H groups in total. The summed E-state index contributed by atoms with van der Waals surface area (Å²) in [4.78, 5) is 0. The van der Waals surface area contributed by atoms with E-state index in [1.54, 1.807) is 0 Å². The Morgan fingerprint density at radius 3 is 2.65 bits per heavy atom. The van der Waals surface area contributed by atoms with Gasteiger partial charge in [-0.25, -0.2) is 0 Å². The van der Waals surface area contributed by atoms with E-state index in [0.717, 1.165) is 13.0 Å². The van der Waals surface area contributed by atoms with Crippen molar-refractivity contribution in [3.05, 3.63) is 12.7 Å². The van der Waals surface area contributed by atoms with E-state index in [9.17, 15) is 0 Å². The van der Waals surface area contributed by atoms with Gasteiger partial charge in [0.05, 0.1) is 5.60 Å². The third kappa shape index (κ3) is 4.11. The fourth-order valence-electron chi connectivity index (χ4n) is 3.00. The number of hydrogen-bond donors (Lipinski definition) is 1. The van der Waals surface area contributed by atoms with Crippen molar-refractivity contribution in [2.75, 3.05) is 13.7 Å². The van der Waals surface area contributed by atoms with E-state index >= 15 is 0 Å². The smallest absolute Gasteiger partial charge is 0.0830 e. The van der Waals surface area contributed by atoms with E-state index in [1.807, 2.05) is 13.2 Å². The predicted molar refractivity (Wildman–Crippen MR) is 74.3 cm³/mol. The van der Waals surface area contributed by atoms with Gasteiger partial charge in [0.15, 0.2) is 0 Å². The van der Waals surface area contributed by atoms with Crippen LogP contribution in [0.4, 0.5) is 0 Å². The minimum absolute atomic E-state index is 0.107. The van der Waals surface area contributed by atoms with Crippen molar-refractivity contribution in [2.24, 2.45) is 0 Å². The Balaban J connectivity index is 2.55. The van der Waals surface area contributed by atoms with E-state index in [4.69, 9.17) is 4.74 Å². The normalized spacial score (nSPS) is 20.4. The van der Waals surface area contributed by atoms with Crippen molar-refractivity contribution in [1.29, 1.82) is 0 Å². The monoisotopic (exact) mass is 239 g/mol. The van der Waals surface area contributed by atoms with E-state index < -0.39 is 0 Å². The van der Waals surface area contributed by atoms with Gasteiger partial charge in [-0.2, -0.15) is 0 Å². The van der Waals surface area contributed by atoms with Gasteiger partial charge in [0.2, 0.25) is 0 Å². The molecule has 17 heavy (non-hydrogen) atoms.